The minimum absolute atomic E-state index is 0.164. The van der Waals surface area contributed by atoms with E-state index in [0.29, 0.717) is 33.9 Å². The van der Waals surface area contributed by atoms with E-state index in [4.69, 9.17) is 9.15 Å². The highest BCUT2D eigenvalue weighted by molar-refractivity contribution is 5.87. The van der Waals surface area contributed by atoms with E-state index in [1.54, 1.807) is 34.5 Å². The van der Waals surface area contributed by atoms with E-state index < -0.39 is 18.2 Å². The number of hydrogen-bond donors (Lipinski definition) is 0. The summed E-state index contributed by atoms with van der Waals surface area (Å²) in [5.74, 6) is -5.40. The molecule has 5 aromatic rings. The normalized spacial score (nSPS) is 12.3. The minimum Gasteiger partial charge on any atom is -0.479 e. The number of fused-ring (bicyclic) bond motifs is 2. The fourth-order valence-corrected chi connectivity index (χ4v) is 3.46. The number of rotatable bonds is 6. The molecule has 0 aliphatic rings. The van der Waals surface area contributed by atoms with Crippen molar-refractivity contribution < 1.29 is 26.7 Å². The zero-order chi connectivity index (χ0) is 23.3. The largest absolute Gasteiger partial charge is 0.479 e. The fraction of sp³-hybridized carbons (Fsp3) is 0.263. The Kier molecular flexibility index (Phi) is 4.72. The van der Waals surface area contributed by atoms with Gasteiger partial charge in [-0.25, -0.2) is 23.3 Å². The predicted octanol–water partition coefficient (Wildman–Crippen LogP) is 3.25. The number of aryl methyl sites for hydroxylation is 1. The Balaban J connectivity index is 1.57. The number of pyridine rings is 1. The van der Waals surface area contributed by atoms with Crippen molar-refractivity contribution in [3.8, 4) is 17.0 Å². The highest BCUT2D eigenvalue weighted by Crippen LogP contribution is 2.34. The Hall–Kier alpha value is -4.10. The van der Waals surface area contributed by atoms with E-state index in [9.17, 15) is 17.6 Å². The van der Waals surface area contributed by atoms with Gasteiger partial charge in [-0.05, 0) is 19.1 Å². The van der Waals surface area contributed by atoms with Crippen LogP contribution in [0.25, 0.3) is 27.8 Å². The van der Waals surface area contributed by atoms with Crippen LogP contribution in [0.4, 0.5) is 17.6 Å². The molecule has 5 rings (SSSR count). The van der Waals surface area contributed by atoms with Crippen LogP contribution in [-0.2, 0) is 12.5 Å². The molecule has 0 unspecified atom stereocenters. The molecule has 170 valence electrons. The molecule has 0 fully saturated rings. The maximum absolute atomic E-state index is 13.5. The average molecular weight is 462 g/mol. The molecule has 0 amide bonds. The van der Waals surface area contributed by atoms with Gasteiger partial charge in [-0.15, -0.1) is 10.2 Å². The maximum Gasteiger partial charge on any atom is 0.382 e. The lowest BCUT2D eigenvalue weighted by atomic mass is 10.1. The molecule has 0 N–H and O–H groups in total. The predicted molar refractivity (Wildman–Crippen MR) is 104 cm³/mol. The van der Waals surface area contributed by atoms with Crippen LogP contribution in [0.15, 0.2) is 35.3 Å². The molecule has 0 saturated heterocycles. The summed E-state index contributed by atoms with van der Waals surface area (Å²) >= 11 is 0. The Morgan fingerprint density at radius 2 is 2.03 bits per heavy atom. The third-order valence-corrected chi connectivity index (χ3v) is 5.04. The average Bonchev–Trinajstić information content (AvgIpc) is 3.51. The van der Waals surface area contributed by atoms with Gasteiger partial charge in [-0.2, -0.15) is 18.9 Å². The Bertz CT molecular complexity index is 1480. The van der Waals surface area contributed by atoms with Crippen LogP contribution in [0.2, 0.25) is 0 Å². The van der Waals surface area contributed by atoms with Crippen LogP contribution < -0.4 is 4.74 Å². The van der Waals surface area contributed by atoms with Gasteiger partial charge in [0.15, 0.2) is 5.65 Å². The number of imidazole rings is 1. The Labute approximate surface area is 181 Å². The summed E-state index contributed by atoms with van der Waals surface area (Å²) in [7, 11) is 1.50. The topological polar surface area (TPSA) is 109 Å². The molecule has 0 spiro atoms. The highest BCUT2D eigenvalue weighted by atomic mass is 19.3. The van der Waals surface area contributed by atoms with Gasteiger partial charge in [0.1, 0.15) is 24.2 Å². The summed E-state index contributed by atoms with van der Waals surface area (Å²) in [5.41, 5.74) is 2.99. The van der Waals surface area contributed by atoms with Gasteiger partial charge in [-0.1, -0.05) is 0 Å². The zero-order valence-corrected chi connectivity index (χ0v) is 17.1. The summed E-state index contributed by atoms with van der Waals surface area (Å²) in [4.78, 5) is 12.9. The molecule has 0 radical (unpaired) electrons. The maximum atomic E-state index is 13.5. The zero-order valence-electron chi connectivity index (χ0n) is 17.1. The second-order valence-corrected chi connectivity index (χ2v) is 7.03. The number of halogens is 4. The summed E-state index contributed by atoms with van der Waals surface area (Å²) in [6.45, 7) is 1.51. The van der Waals surface area contributed by atoms with Gasteiger partial charge in [0.2, 0.25) is 11.8 Å². The van der Waals surface area contributed by atoms with Crippen LogP contribution >= 0.6 is 0 Å². The first-order chi connectivity index (χ1) is 15.8. The summed E-state index contributed by atoms with van der Waals surface area (Å²) in [6, 6.07) is 3.61. The van der Waals surface area contributed by atoms with Crippen LogP contribution in [0.3, 0.4) is 0 Å². The van der Waals surface area contributed by atoms with E-state index >= 15 is 0 Å². The summed E-state index contributed by atoms with van der Waals surface area (Å²) < 4.78 is 65.5. The summed E-state index contributed by atoms with van der Waals surface area (Å²) in [5, 5.41) is 10.7. The molecule has 10 nitrogen and oxygen atoms in total. The Morgan fingerprint density at radius 1 is 1.21 bits per heavy atom. The third kappa shape index (κ3) is 3.34. The SMILES string of the molecule is COc1ncnn2ccc(-c3cnc4nc(C)n(Cc5nnc(C(F)(F)C(F)F)o5)c4c3)c12. The van der Waals surface area contributed by atoms with Gasteiger partial charge < -0.3 is 13.7 Å². The number of alkyl halides is 4. The quantitative estimate of drug-likeness (QED) is 0.354. The molecule has 0 aliphatic carbocycles. The van der Waals surface area contributed by atoms with Crippen molar-refractivity contribution in [3.63, 3.8) is 0 Å². The fourth-order valence-electron chi connectivity index (χ4n) is 3.46. The number of aromatic nitrogens is 8. The van der Waals surface area contributed by atoms with Gasteiger partial charge in [-0.3, -0.25) is 0 Å². The van der Waals surface area contributed by atoms with E-state index in [1.165, 1.54) is 13.4 Å². The van der Waals surface area contributed by atoms with Crippen molar-refractivity contribution >= 4 is 16.7 Å². The standard InChI is InChI=1S/C19H14F4N8O2/c1-9-27-15-12(30(9)7-13-28-29-18(33-13)19(22,23)17(20)21)5-10(6-24-15)11-3-4-31-14(11)16(32-2)25-8-26-31/h3-6,8,17H,7H2,1-2H3. The molecular formula is C19H14F4N8O2. The summed E-state index contributed by atoms with van der Waals surface area (Å²) in [6.07, 6.45) is 0.761. The van der Waals surface area contributed by atoms with Crippen LogP contribution in [0, 0.1) is 6.92 Å². The first-order valence-electron chi connectivity index (χ1n) is 9.48. The molecule has 14 heteroatoms. The van der Waals surface area contributed by atoms with Crippen molar-refractivity contribution in [2.45, 2.75) is 25.8 Å². The third-order valence-electron chi connectivity index (χ3n) is 5.04. The van der Waals surface area contributed by atoms with E-state index in [-0.39, 0.29) is 12.4 Å². The molecule has 0 aromatic carbocycles. The van der Waals surface area contributed by atoms with Gasteiger partial charge in [0, 0.05) is 23.5 Å². The number of nitrogens with zero attached hydrogens (tertiary/aromatic N) is 8. The second-order valence-electron chi connectivity index (χ2n) is 7.03. The molecule has 0 bridgehead atoms. The first-order valence-corrected chi connectivity index (χ1v) is 9.48. The van der Waals surface area contributed by atoms with Crippen LogP contribution in [0.1, 0.15) is 17.6 Å². The lowest BCUT2D eigenvalue weighted by Crippen LogP contribution is -2.23. The number of ether oxygens (including phenoxy) is 1. The lowest BCUT2D eigenvalue weighted by molar-refractivity contribution is -0.151. The molecule has 5 aromatic heterocycles. The number of methoxy groups -OCH3 is 1. The van der Waals surface area contributed by atoms with Crippen molar-refractivity contribution in [2.24, 2.45) is 0 Å². The molecule has 0 aliphatic heterocycles. The molecule has 5 heterocycles. The highest BCUT2D eigenvalue weighted by Gasteiger charge is 2.48. The molecular weight excluding hydrogens is 448 g/mol. The van der Waals surface area contributed by atoms with Crippen molar-refractivity contribution in [2.75, 3.05) is 7.11 Å². The molecule has 0 atom stereocenters. The first kappa shape index (κ1) is 20.8. The Morgan fingerprint density at radius 3 is 2.79 bits per heavy atom. The van der Waals surface area contributed by atoms with Crippen molar-refractivity contribution in [1.29, 1.82) is 0 Å². The monoisotopic (exact) mass is 462 g/mol. The smallest absolute Gasteiger partial charge is 0.382 e. The lowest BCUT2D eigenvalue weighted by Gasteiger charge is -2.09. The van der Waals surface area contributed by atoms with Crippen molar-refractivity contribution in [1.82, 2.24) is 39.3 Å². The molecule has 0 saturated carbocycles. The second kappa shape index (κ2) is 7.50. The molecule has 33 heavy (non-hydrogen) atoms. The van der Waals surface area contributed by atoms with Gasteiger partial charge >= 0.3 is 12.3 Å². The van der Waals surface area contributed by atoms with Gasteiger partial charge in [0.05, 0.1) is 12.6 Å². The van der Waals surface area contributed by atoms with Gasteiger partial charge in [0.25, 0.3) is 5.89 Å². The van der Waals surface area contributed by atoms with E-state index in [0.717, 1.165) is 5.56 Å². The van der Waals surface area contributed by atoms with E-state index in [2.05, 4.69) is 30.2 Å². The van der Waals surface area contributed by atoms with Crippen molar-refractivity contribution in [3.05, 3.63) is 48.5 Å². The van der Waals surface area contributed by atoms with Crippen LogP contribution in [0.5, 0.6) is 5.88 Å². The minimum atomic E-state index is -4.54. The number of hydrogen-bond acceptors (Lipinski definition) is 8. The van der Waals surface area contributed by atoms with E-state index in [1.807, 2.05) is 6.07 Å². The van der Waals surface area contributed by atoms with Crippen LogP contribution in [-0.4, -0.2) is 52.9 Å².